The molecule has 0 atom stereocenters. The Morgan fingerprint density at radius 2 is 1.81 bits per heavy atom. The summed E-state index contributed by atoms with van der Waals surface area (Å²) >= 11 is 0. The summed E-state index contributed by atoms with van der Waals surface area (Å²) in [5.74, 6) is -0.910. The number of esters is 1. The maximum absolute atomic E-state index is 12.1. The second-order valence-corrected chi connectivity index (χ2v) is 5.38. The van der Waals surface area contributed by atoms with E-state index in [-0.39, 0.29) is 35.2 Å². The molecule has 2 N–H and O–H groups in total. The predicted molar refractivity (Wildman–Crippen MR) is 73.1 cm³/mol. The van der Waals surface area contributed by atoms with Crippen molar-refractivity contribution in [1.29, 1.82) is 0 Å². The minimum absolute atomic E-state index is 0.00123. The highest BCUT2D eigenvalue weighted by atomic mass is 32.2. The number of rotatable bonds is 7. The van der Waals surface area contributed by atoms with Gasteiger partial charge < -0.3 is 18.9 Å². The number of primary sulfonamides is 1. The molecule has 0 spiro atoms. The van der Waals surface area contributed by atoms with E-state index in [1.165, 1.54) is 33.5 Å². The predicted octanol–water partition coefficient (Wildman–Crippen LogP) is 0.154. The number of hydrogen-bond acceptors (Lipinski definition) is 7. The molecule has 8 nitrogen and oxygen atoms in total. The SMILES string of the molecule is COCCOC(=O)c1c(OC)ccc(S(N)(=O)=O)c1OC. The quantitative estimate of drug-likeness (QED) is 0.562. The number of sulfonamides is 1. The molecule has 0 amide bonds. The first-order valence-electron chi connectivity index (χ1n) is 5.80. The first kappa shape index (κ1) is 17.2. The Morgan fingerprint density at radius 3 is 2.29 bits per heavy atom. The second kappa shape index (κ2) is 7.25. The van der Waals surface area contributed by atoms with Crippen LogP contribution in [0.2, 0.25) is 0 Å². The van der Waals surface area contributed by atoms with Crippen LogP contribution >= 0.6 is 0 Å². The summed E-state index contributed by atoms with van der Waals surface area (Å²) < 4.78 is 42.8. The summed E-state index contributed by atoms with van der Waals surface area (Å²) in [6, 6.07) is 2.49. The molecule has 1 aromatic carbocycles. The molecule has 1 rings (SSSR count). The summed E-state index contributed by atoms with van der Waals surface area (Å²) in [6.45, 7) is 0.201. The number of carbonyl (C=O) groups excluding carboxylic acids is 1. The average Bonchev–Trinajstić information content (AvgIpc) is 2.44. The van der Waals surface area contributed by atoms with E-state index < -0.39 is 16.0 Å². The van der Waals surface area contributed by atoms with Crippen LogP contribution in [0.15, 0.2) is 17.0 Å². The number of ether oxygens (including phenoxy) is 4. The molecule has 0 unspecified atom stereocenters. The Morgan fingerprint density at radius 1 is 1.14 bits per heavy atom. The minimum Gasteiger partial charge on any atom is -0.496 e. The molecule has 118 valence electrons. The zero-order chi connectivity index (χ0) is 16.0. The van der Waals surface area contributed by atoms with Crippen LogP contribution in [-0.4, -0.2) is 48.9 Å². The molecule has 0 saturated carbocycles. The zero-order valence-electron chi connectivity index (χ0n) is 11.9. The molecular weight excluding hydrogens is 302 g/mol. The van der Waals surface area contributed by atoms with Gasteiger partial charge in [0.1, 0.15) is 22.8 Å². The standard InChI is InChI=1S/C12H17NO7S/c1-17-6-7-20-12(14)10-8(18-2)4-5-9(11(10)19-3)21(13,15)16/h4-5H,6-7H2,1-3H3,(H2,13,15,16). The lowest BCUT2D eigenvalue weighted by Crippen LogP contribution is -2.17. The molecular formula is C12H17NO7S. The highest BCUT2D eigenvalue weighted by Crippen LogP contribution is 2.34. The van der Waals surface area contributed by atoms with E-state index in [0.29, 0.717) is 0 Å². The van der Waals surface area contributed by atoms with Crippen LogP contribution in [0.25, 0.3) is 0 Å². The first-order chi connectivity index (χ1) is 9.86. The molecule has 0 aliphatic rings. The topological polar surface area (TPSA) is 114 Å². The van der Waals surface area contributed by atoms with Crippen LogP contribution < -0.4 is 14.6 Å². The van der Waals surface area contributed by atoms with Crippen molar-refractivity contribution in [3.8, 4) is 11.5 Å². The summed E-state index contributed by atoms with van der Waals surface area (Å²) in [5, 5.41) is 5.09. The van der Waals surface area contributed by atoms with E-state index in [1.54, 1.807) is 0 Å². The number of carbonyl (C=O) groups is 1. The van der Waals surface area contributed by atoms with Crippen molar-refractivity contribution in [3.63, 3.8) is 0 Å². The van der Waals surface area contributed by atoms with Crippen molar-refractivity contribution >= 4 is 16.0 Å². The monoisotopic (exact) mass is 319 g/mol. The molecule has 0 fully saturated rings. The maximum atomic E-state index is 12.1. The summed E-state index contributed by atoms with van der Waals surface area (Å²) in [6.07, 6.45) is 0. The van der Waals surface area contributed by atoms with Crippen molar-refractivity contribution in [2.24, 2.45) is 5.14 Å². The highest BCUT2D eigenvalue weighted by Gasteiger charge is 2.27. The number of methoxy groups -OCH3 is 3. The van der Waals surface area contributed by atoms with Crippen LogP contribution in [0.3, 0.4) is 0 Å². The highest BCUT2D eigenvalue weighted by molar-refractivity contribution is 7.89. The Bertz CT molecular complexity index is 612. The fourth-order valence-electron chi connectivity index (χ4n) is 1.63. The Balaban J connectivity index is 3.35. The molecule has 9 heteroatoms. The minimum atomic E-state index is -4.06. The van der Waals surface area contributed by atoms with Crippen molar-refractivity contribution in [1.82, 2.24) is 0 Å². The van der Waals surface area contributed by atoms with Crippen molar-refractivity contribution in [2.45, 2.75) is 4.90 Å². The zero-order valence-corrected chi connectivity index (χ0v) is 12.7. The van der Waals surface area contributed by atoms with Crippen molar-refractivity contribution < 1.29 is 32.2 Å². The lowest BCUT2D eigenvalue weighted by molar-refractivity contribution is 0.0381. The third-order valence-corrected chi connectivity index (χ3v) is 3.47. The van der Waals surface area contributed by atoms with E-state index in [2.05, 4.69) is 0 Å². The van der Waals surface area contributed by atoms with Gasteiger partial charge in [-0.3, -0.25) is 0 Å². The van der Waals surface area contributed by atoms with Crippen molar-refractivity contribution in [2.75, 3.05) is 34.5 Å². The lowest BCUT2D eigenvalue weighted by atomic mass is 10.1. The van der Waals surface area contributed by atoms with Crippen LogP contribution in [0.1, 0.15) is 10.4 Å². The Kier molecular flexibility index (Phi) is 5.94. The summed E-state index contributed by atoms with van der Waals surface area (Å²) in [7, 11) is -0.0615. The first-order valence-corrected chi connectivity index (χ1v) is 7.35. The molecule has 1 aromatic rings. The Hall–Kier alpha value is -1.84. The van der Waals surface area contributed by atoms with Gasteiger partial charge in [0.05, 0.1) is 20.8 Å². The molecule has 0 aromatic heterocycles. The van der Waals surface area contributed by atoms with Gasteiger partial charge in [0.25, 0.3) is 0 Å². The Labute approximate surface area is 122 Å². The summed E-state index contributed by atoms with van der Waals surface area (Å²) in [5.41, 5.74) is -0.150. The van der Waals surface area contributed by atoms with Gasteiger partial charge in [-0.05, 0) is 12.1 Å². The molecule has 0 radical (unpaired) electrons. The third kappa shape index (κ3) is 4.06. The smallest absolute Gasteiger partial charge is 0.345 e. The number of benzene rings is 1. The van der Waals surface area contributed by atoms with Gasteiger partial charge in [0.2, 0.25) is 10.0 Å². The van der Waals surface area contributed by atoms with Crippen molar-refractivity contribution in [3.05, 3.63) is 17.7 Å². The van der Waals surface area contributed by atoms with Gasteiger partial charge in [-0.1, -0.05) is 0 Å². The van der Waals surface area contributed by atoms with E-state index >= 15 is 0 Å². The molecule has 0 heterocycles. The van der Waals surface area contributed by atoms with Gasteiger partial charge in [0, 0.05) is 7.11 Å². The number of hydrogen-bond donors (Lipinski definition) is 1. The van der Waals surface area contributed by atoms with E-state index in [4.69, 9.17) is 24.1 Å². The molecule has 0 aliphatic carbocycles. The van der Waals surface area contributed by atoms with Gasteiger partial charge in [-0.25, -0.2) is 18.4 Å². The van der Waals surface area contributed by atoms with Gasteiger partial charge in [-0.15, -0.1) is 0 Å². The van der Waals surface area contributed by atoms with Crippen LogP contribution in [0.5, 0.6) is 11.5 Å². The molecule has 0 aliphatic heterocycles. The largest absolute Gasteiger partial charge is 0.496 e. The summed E-state index contributed by atoms with van der Waals surface area (Å²) in [4.78, 5) is 11.8. The van der Waals surface area contributed by atoms with E-state index in [0.717, 1.165) is 0 Å². The fraction of sp³-hybridized carbons (Fsp3) is 0.417. The van der Waals surface area contributed by atoms with E-state index in [9.17, 15) is 13.2 Å². The van der Waals surface area contributed by atoms with Gasteiger partial charge in [0.15, 0.2) is 5.75 Å². The third-order valence-electron chi connectivity index (χ3n) is 2.54. The normalized spacial score (nSPS) is 11.0. The molecule has 0 saturated heterocycles. The van der Waals surface area contributed by atoms with Crippen LogP contribution in [-0.2, 0) is 19.5 Å². The van der Waals surface area contributed by atoms with Gasteiger partial charge in [-0.2, -0.15) is 0 Å². The molecule has 0 bridgehead atoms. The average molecular weight is 319 g/mol. The van der Waals surface area contributed by atoms with E-state index in [1.807, 2.05) is 0 Å². The lowest BCUT2D eigenvalue weighted by Gasteiger charge is -2.15. The number of nitrogens with two attached hydrogens (primary N) is 1. The van der Waals surface area contributed by atoms with Crippen LogP contribution in [0, 0.1) is 0 Å². The molecule has 21 heavy (non-hydrogen) atoms. The van der Waals surface area contributed by atoms with Crippen LogP contribution in [0.4, 0.5) is 0 Å². The maximum Gasteiger partial charge on any atom is 0.345 e. The van der Waals surface area contributed by atoms with Gasteiger partial charge >= 0.3 is 5.97 Å². The second-order valence-electron chi connectivity index (χ2n) is 3.85. The fourth-order valence-corrected chi connectivity index (χ4v) is 2.33.